The number of carbonyl (C=O) groups excluding carboxylic acids is 1. The lowest BCUT2D eigenvalue weighted by molar-refractivity contribution is 0.0695. The van der Waals surface area contributed by atoms with Gasteiger partial charge in [-0.3, -0.25) is 4.79 Å². The van der Waals surface area contributed by atoms with E-state index in [1.807, 2.05) is 12.1 Å². The third kappa shape index (κ3) is 2.28. The summed E-state index contributed by atoms with van der Waals surface area (Å²) in [6.07, 6.45) is 7.77. The Hall–Kier alpha value is -1.31. The molecule has 0 radical (unpaired) electrons. The average Bonchev–Trinajstić information content (AvgIpc) is 2.65. The van der Waals surface area contributed by atoms with Gasteiger partial charge in [-0.15, -0.1) is 0 Å². The molecular formula is C20H27NO. The Morgan fingerprint density at radius 1 is 1.00 bits per heavy atom. The van der Waals surface area contributed by atoms with Crippen molar-refractivity contribution in [3.05, 3.63) is 35.4 Å². The minimum Gasteiger partial charge on any atom is -0.331 e. The van der Waals surface area contributed by atoms with Crippen LogP contribution in [0.1, 0.15) is 74.3 Å². The van der Waals surface area contributed by atoms with E-state index in [0.29, 0.717) is 17.4 Å². The molecular weight excluding hydrogens is 270 g/mol. The first-order chi connectivity index (χ1) is 10.6. The SMILES string of the molecule is CC1(C)CCC2CCC3c4ccccc4C(=O)N3CC2CC1. The van der Waals surface area contributed by atoms with Gasteiger partial charge in [-0.2, -0.15) is 0 Å². The van der Waals surface area contributed by atoms with E-state index < -0.39 is 0 Å². The fourth-order valence-electron chi connectivity index (χ4n) is 4.96. The molecule has 2 nitrogen and oxygen atoms in total. The molecule has 0 bridgehead atoms. The molecule has 1 aliphatic carbocycles. The maximum atomic E-state index is 12.8. The van der Waals surface area contributed by atoms with Crippen LogP contribution in [0.5, 0.6) is 0 Å². The molecule has 1 aromatic carbocycles. The van der Waals surface area contributed by atoms with E-state index in [4.69, 9.17) is 0 Å². The normalized spacial score (nSPS) is 33.5. The quantitative estimate of drug-likeness (QED) is 0.673. The van der Waals surface area contributed by atoms with Crippen LogP contribution in [0, 0.1) is 17.3 Å². The van der Waals surface area contributed by atoms with Gasteiger partial charge >= 0.3 is 0 Å². The second-order valence-corrected chi connectivity index (χ2v) is 8.40. The zero-order chi connectivity index (χ0) is 15.3. The van der Waals surface area contributed by atoms with Crippen molar-refractivity contribution in [1.29, 1.82) is 0 Å². The molecule has 0 spiro atoms. The van der Waals surface area contributed by atoms with Crippen LogP contribution in [0.4, 0.5) is 0 Å². The van der Waals surface area contributed by atoms with E-state index >= 15 is 0 Å². The summed E-state index contributed by atoms with van der Waals surface area (Å²) < 4.78 is 0. The summed E-state index contributed by atoms with van der Waals surface area (Å²) >= 11 is 0. The lowest BCUT2D eigenvalue weighted by atomic mass is 9.84. The van der Waals surface area contributed by atoms with Crippen molar-refractivity contribution in [1.82, 2.24) is 4.90 Å². The summed E-state index contributed by atoms with van der Waals surface area (Å²) in [7, 11) is 0. The van der Waals surface area contributed by atoms with Gasteiger partial charge in [-0.05, 0) is 67.4 Å². The summed E-state index contributed by atoms with van der Waals surface area (Å²) in [5.41, 5.74) is 2.73. The summed E-state index contributed by atoms with van der Waals surface area (Å²) in [5.74, 6) is 1.82. The van der Waals surface area contributed by atoms with Crippen LogP contribution in [-0.4, -0.2) is 17.4 Å². The van der Waals surface area contributed by atoms with Gasteiger partial charge in [-0.1, -0.05) is 32.0 Å². The molecule has 0 aromatic heterocycles. The van der Waals surface area contributed by atoms with Crippen LogP contribution in [0.25, 0.3) is 0 Å². The minimum atomic E-state index is 0.282. The van der Waals surface area contributed by atoms with Crippen LogP contribution < -0.4 is 0 Å². The summed E-state index contributed by atoms with van der Waals surface area (Å²) in [4.78, 5) is 15.0. The largest absolute Gasteiger partial charge is 0.331 e. The molecule has 2 heteroatoms. The predicted octanol–water partition coefficient (Wildman–Crippen LogP) is 4.81. The smallest absolute Gasteiger partial charge is 0.254 e. The van der Waals surface area contributed by atoms with E-state index in [1.165, 1.54) is 37.7 Å². The Morgan fingerprint density at radius 3 is 2.55 bits per heavy atom. The first-order valence-electron chi connectivity index (χ1n) is 8.95. The van der Waals surface area contributed by atoms with Gasteiger partial charge in [0.1, 0.15) is 0 Å². The zero-order valence-corrected chi connectivity index (χ0v) is 13.8. The van der Waals surface area contributed by atoms with Crippen LogP contribution in [0.15, 0.2) is 24.3 Å². The highest BCUT2D eigenvalue weighted by molar-refractivity contribution is 5.99. The van der Waals surface area contributed by atoms with Crippen LogP contribution >= 0.6 is 0 Å². The van der Waals surface area contributed by atoms with Crippen molar-refractivity contribution in [2.45, 2.75) is 58.4 Å². The predicted molar refractivity (Wildman–Crippen MR) is 88.7 cm³/mol. The highest BCUT2D eigenvalue weighted by atomic mass is 16.2. The highest BCUT2D eigenvalue weighted by Crippen LogP contribution is 2.47. The Labute approximate surface area is 133 Å². The van der Waals surface area contributed by atoms with E-state index in [1.54, 1.807) is 0 Å². The number of hydrogen-bond acceptors (Lipinski definition) is 1. The standard InChI is InChI=1S/C20H27NO/c1-20(2)11-9-14-7-8-18-16-5-3-4-6-17(16)19(22)21(18)13-15(14)10-12-20/h3-6,14-15,18H,7-13H2,1-2H3. The van der Waals surface area contributed by atoms with E-state index in [-0.39, 0.29) is 5.91 Å². The third-order valence-electron chi connectivity index (χ3n) is 6.48. The molecule has 2 aliphatic heterocycles. The van der Waals surface area contributed by atoms with Crippen LogP contribution in [0.2, 0.25) is 0 Å². The number of hydrogen-bond donors (Lipinski definition) is 0. The molecule has 3 unspecified atom stereocenters. The van der Waals surface area contributed by atoms with Gasteiger partial charge < -0.3 is 4.90 Å². The van der Waals surface area contributed by atoms with Crippen LogP contribution in [-0.2, 0) is 0 Å². The van der Waals surface area contributed by atoms with Crippen molar-refractivity contribution in [2.24, 2.45) is 17.3 Å². The number of amides is 1. The summed E-state index contributed by atoms with van der Waals surface area (Å²) in [5, 5.41) is 0. The van der Waals surface area contributed by atoms with Gasteiger partial charge in [0.05, 0.1) is 6.04 Å². The molecule has 1 amide bonds. The van der Waals surface area contributed by atoms with Gasteiger partial charge in [0.25, 0.3) is 5.91 Å². The molecule has 2 fully saturated rings. The van der Waals surface area contributed by atoms with E-state index in [2.05, 4.69) is 30.9 Å². The average molecular weight is 297 g/mol. The van der Waals surface area contributed by atoms with Crippen molar-refractivity contribution >= 4 is 5.91 Å². The van der Waals surface area contributed by atoms with Crippen molar-refractivity contribution in [3.8, 4) is 0 Å². The lowest BCUT2D eigenvalue weighted by Crippen LogP contribution is -2.32. The number of fused-ring (bicyclic) bond motifs is 4. The molecule has 3 atom stereocenters. The van der Waals surface area contributed by atoms with Gasteiger partial charge in [0, 0.05) is 12.1 Å². The highest BCUT2D eigenvalue weighted by Gasteiger charge is 2.42. The van der Waals surface area contributed by atoms with Gasteiger partial charge in [0.15, 0.2) is 0 Å². The van der Waals surface area contributed by atoms with Crippen molar-refractivity contribution in [3.63, 3.8) is 0 Å². The molecule has 2 heterocycles. The molecule has 118 valence electrons. The van der Waals surface area contributed by atoms with E-state index in [0.717, 1.165) is 24.4 Å². The minimum absolute atomic E-state index is 0.282. The zero-order valence-electron chi connectivity index (χ0n) is 13.8. The summed E-state index contributed by atoms with van der Waals surface area (Å²) in [6, 6.07) is 8.62. The number of carbonyl (C=O) groups is 1. The molecule has 4 rings (SSSR count). The second kappa shape index (κ2) is 5.11. The Kier molecular flexibility index (Phi) is 3.32. The third-order valence-corrected chi connectivity index (χ3v) is 6.48. The topological polar surface area (TPSA) is 20.3 Å². The summed E-state index contributed by atoms with van der Waals surface area (Å²) in [6.45, 7) is 5.81. The molecule has 1 saturated heterocycles. The first kappa shape index (κ1) is 14.3. The van der Waals surface area contributed by atoms with Gasteiger partial charge in [0.2, 0.25) is 0 Å². The lowest BCUT2D eigenvalue weighted by Gasteiger charge is -2.27. The first-order valence-corrected chi connectivity index (χ1v) is 8.95. The number of benzene rings is 1. The Bertz CT molecular complexity index is 591. The monoisotopic (exact) mass is 297 g/mol. The van der Waals surface area contributed by atoms with Crippen molar-refractivity contribution < 1.29 is 4.79 Å². The maximum absolute atomic E-state index is 12.8. The number of rotatable bonds is 0. The van der Waals surface area contributed by atoms with E-state index in [9.17, 15) is 4.79 Å². The Morgan fingerprint density at radius 2 is 1.73 bits per heavy atom. The number of nitrogens with zero attached hydrogens (tertiary/aromatic N) is 1. The second-order valence-electron chi connectivity index (χ2n) is 8.40. The fourth-order valence-corrected chi connectivity index (χ4v) is 4.96. The van der Waals surface area contributed by atoms with Crippen LogP contribution in [0.3, 0.4) is 0 Å². The molecule has 1 aromatic rings. The molecule has 1 saturated carbocycles. The molecule has 22 heavy (non-hydrogen) atoms. The molecule has 3 aliphatic rings. The molecule has 0 N–H and O–H groups in total. The Balaban J connectivity index is 1.61. The van der Waals surface area contributed by atoms with Gasteiger partial charge in [-0.25, -0.2) is 0 Å². The van der Waals surface area contributed by atoms with Crippen molar-refractivity contribution in [2.75, 3.05) is 6.54 Å². The fraction of sp³-hybridized carbons (Fsp3) is 0.650. The maximum Gasteiger partial charge on any atom is 0.254 e.